The topological polar surface area (TPSA) is 99.5 Å². The first-order chi connectivity index (χ1) is 23.4. The maximum atomic E-state index is 13.1. The molecule has 1 unspecified atom stereocenters. The van der Waals surface area contributed by atoms with Gasteiger partial charge in [-0.1, -0.05) is 115 Å². The van der Waals surface area contributed by atoms with Gasteiger partial charge in [0, 0.05) is 17.8 Å². The lowest BCUT2D eigenvalue weighted by Gasteiger charge is -2.37. The highest BCUT2D eigenvalue weighted by Crippen LogP contribution is 2.40. The fourth-order valence-electron chi connectivity index (χ4n) is 5.90. The van der Waals surface area contributed by atoms with Crippen molar-refractivity contribution >= 4 is 27.8 Å². The lowest BCUT2D eigenvalue weighted by Crippen LogP contribution is -2.37. The van der Waals surface area contributed by atoms with E-state index < -0.39 is 39.2 Å². The molecular formula is C39H42ClN3O5S. The second kappa shape index (κ2) is 15.8. The van der Waals surface area contributed by atoms with E-state index in [1.54, 1.807) is 45.0 Å². The second-order valence-corrected chi connectivity index (χ2v) is 15.2. The Kier molecular flexibility index (Phi) is 11.6. The summed E-state index contributed by atoms with van der Waals surface area (Å²) in [4.78, 5) is 17.4. The summed E-state index contributed by atoms with van der Waals surface area (Å²) >= 11 is 6.06. The molecule has 0 aliphatic carbocycles. The zero-order valence-corrected chi connectivity index (χ0v) is 29.5. The lowest BCUT2D eigenvalue weighted by atomic mass is 9.77. The highest BCUT2D eigenvalue weighted by atomic mass is 35.5. The Bertz CT molecular complexity index is 1810. The molecule has 1 aromatic heterocycles. The van der Waals surface area contributed by atoms with Gasteiger partial charge in [0.1, 0.15) is 23.0 Å². The third kappa shape index (κ3) is 9.59. The van der Waals surface area contributed by atoms with Crippen LogP contribution in [0.2, 0.25) is 5.02 Å². The molecule has 0 bridgehead atoms. The van der Waals surface area contributed by atoms with Crippen LogP contribution in [0.25, 0.3) is 0 Å². The summed E-state index contributed by atoms with van der Waals surface area (Å²) in [7, 11) is -3.83. The summed E-state index contributed by atoms with van der Waals surface area (Å²) in [6.07, 6.45) is 3.37. The van der Waals surface area contributed by atoms with Gasteiger partial charge in [-0.25, -0.2) is 22.9 Å². The van der Waals surface area contributed by atoms with Crippen LogP contribution in [0.4, 0.5) is 4.79 Å². The van der Waals surface area contributed by atoms with Crippen LogP contribution in [-0.4, -0.2) is 41.6 Å². The van der Waals surface area contributed by atoms with Crippen LogP contribution < -0.4 is 4.72 Å². The molecule has 256 valence electrons. The summed E-state index contributed by atoms with van der Waals surface area (Å²) in [5, 5.41) is 0.513. The van der Waals surface area contributed by atoms with Crippen molar-refractivity contribution in [2.75, 3.05) is 5.75 Å². The van der Waals surface area contributed by atoms with Crippen LogP contribution in [0.5, 0.6) is 0 Å². The predicted octanol–water partition coefficient (Wildman–Crippen LogP) is 8.14. The van der Waals surface area contributed by atoms with Gasteiger partial charge in [-0.2, -0.15) is 0 Å². The van der Waals surface area contributed by atoms with Crippen LogP contribution in [0.3, 0.4) is 0 Å². The Morgan fingerprint density at radius 1 is 0.857 bits per heavy atom. The normalized spacial score (nSPS) is 12.7. The zero-order chi connectivity index (χ0) is 34.9. The molecule has 10 heteroatoms. The highest BCUT2D eigenvalue weighted by molar-refractivity contribution is 7.89. The lowest BCUT2D eigenvalue weighted by molar-refractivity contribution is -0.0242. The number of nitrogens with one attached hydrogen (secondary N) is 1. The molecule has 49 heavy (non-hydrogen) atoms. The maximum absolute atomic E-state index is 13.1. The molecule has 1 atom stereocenters. The van der Waals surface area contributed by atoms with E-state index in [4.69, 9.17) is 26.1 Å². The van der Waals surface area contributed by atoms with Crippen LogP contribution in [0.1, 0.15) is 61.6 Å². The summed E-state index contributed by atoms with van der Waals surface area (Å²) in [5.74, 6) is -0.416. The van der Waals surface area contributed by atoms with Gasteiger partial charge in [0.25, 0.3) is 0 Å². The van der Waals surface area contributed by atoms with Gasteiger partial charge in [0.15, 0.2) is 0 Å². The van der Waals surface area contributed by atoms with Crippen molar-refractivity contribution in [2.45, 2.75) is 63.8 Å². The number of benzene rings is 4. The Balaban J connectivity index is 1.36. The van der Waals surface area contributed by atoms with Crippen molar-refractivity contribution in [1.82, 2.24) is 14.3 Å². The van der Waals surface area contributed by atoms with Crippen molar-refractivity contribution in [1.29, 1.82) is 0 Å². The minimum absolute atomic E-state index is 0.0610. The number of carbonyl (C=O) groups is 1. The maximum Gasteiger partial charge on any atom is 0.509 e. The number of carbonyl (C=O) groups excluding carboxylic acids is 1. The van der Waals surface area contributed by atoms with Gasteiger partial charge in [-0.05, 0) is 74.4 Å². The fraction of sp³-hybridized carbons (Fsp3) is 0.282. The number of nitrogens with zero attached hydrogens (tertiary/aromatic N) is 2. The average molecular weight is 700 g/mol. The van der Waals surface area contributed by atoms with Gasteiger partial charge in [0.05, 0.1) is 12.0 Å². The minimum Gasteiger partial charge on any atom is -0.430 e. The first-order valence-corrected chi connectivity index (χ1v) is 18.3. The largest absolute Gasteiger partial charge is 0.509 e. The number of rotatable bonds is 14. The van der Waals surface area contributed by atoms with Gasteiger partial charge in [-0.15, -0.1) is 0 Å². The number of ether oxygens (including phenoxy) is 2. The average Bonchev–Trinajstić information content (AvgIpc) is 3.54. The highest BCUT2D eigenvalue weighted by Gasteiger charge is 2.38. The standard InChI is InChI=1S/C39H42ClN3O5S/c1-38(2,3)48-37(44)47-36(28-49(45,46)42-26-30-15-13-22-34(40)25-30)24-14-23-35-27-43(29-41-35)39(31-16-7-4-8-17-31,32-18-9-5-10-19-32)33-20-11-6-12-21-33/h4-13,15-22,25,27,29,36,42H,14,23-24,26,28H2,1-3H3. The Hall–Kier alpha value is -4.44. The number of halogens is 1. The summed E-state index contributed by atoms with van der Waals surface area (Å²) in [5.41, 5.74) is 3.30. The zero-order valence-electron chi connectivity index (χ0n) is 28.0. The van der Waals surface area contributed by atoms with Crippen molar-refractivity contribution in [3.63, 3.8) is 0 Å². The summed E-state index contributed by atoms with van der Waals surface area (Å²) in [6, 6.07) is 37.9. The molecule has 1 N–H and O–H groups in total. The van der Waals surface area contributed by atoms with Crippen molar-refractivity contribution in [2.24, 2.45) is 0 Å². The van der Waals surface area contributed by atoms with Gasteiger partial charge >= 0.3 is 6.16 Å². The smallest absolute Gasteiger partial charge is 0.430 e. The molecule has 5 rings (SSSR count). The van der Waals surface area contributed by atoms with E-state index in [-0.39, 0.29) is 13.0 Å². The van der Waals surface area contributed by atoms with Gasteiger partial charge in [-0.3, -0.25) is 0 Å². The van der Waals surface area contributed by atoms with Crippen molar-refractivity contribution in [3.05, 3.63) is 161 Å². The molecule has 4 aromatic carbocycles. The summed E-state index contributed by atoms with van der Waals surface area (Å²) < 4.78 is 41.9. The van der Waals surface area contributed by atoms with Gasteiger partial charge in [0.2, 0.25) is 10.0 Å². The van der Waals surface area contributed by atoms with Crippen LogP contribution in [0, 0.1) is 0 Å². The Labute approximate surface area is 294 Å². The van der Waals surface area contributed by atoms with E-state index in [0.717, 1.165) is 22.4 Å². The van der Waals surface area contributed by atoms with Gasteiger partial charge < -0.3 is 14.0 Å². The Morgan fingerprint density at radius 3 is 1.96 bits per heavy atom. The second-order valence-electron chi connectivity index (χ2n) is 12.9. The number of hydrogen-bond donors (Lipinski definition) is 1. The monoisotopic (exact) mass is 699 g/mol. The molecule has 0 radical (unpaired) electrons. The van der Waals surface area contributed by atoms with Crippen molar-refractivity contribution in [3.8, 4) is 0 Å². The molecule has 0 amide bonds. The molecule has 1 heterocycles. The molecule has 0 saturated carbocycles. The summed E-state index contributed by atoms with van der Waals surface area (Å²) in [6.45, 7) is 5.24. The fourth-order valence-corrected chi connectivity index (χ4v) is 7.34. The van der Waals surface area contributed by atoms with E-state index in [1.165, 1.54) is 0 Å². The Morgan fingerprint density at radius 2 is 1.43 bits per heavy atom. The molecular weight excluding hydrogens is 658 g/mol. The molecule has 8 nitrogen and oxygen atoms in total. The SMILES string of the molecule is CC(C)(C)OC(=O)OC(CCCc1cn(C(c2ccccc2)(c2ccccc2)c2ccccc2)cn1)CS(=O)(=O)NCc1cccc(Cl)c1. The molecule has 5 aromatic rings. The van der Waals surface area contributed by atoms with Crippen molar-refractivity contribution < 1.29 is 22.7 Å². The van der Waals surface area contributed by atoms with Crippen LogP contribution in [0.15, 0.2) is 128 Å². The molecule has 0 aliphatic heterocycles. The molecule has 0 aliphatic rings. The number of aromatic nitrogens is 2. The number of hydrogen-bond acceptors (Lipinski definition) is 6. The first kappa shape index (κ1) is 35.9. The molecule has 0 saturated heterocycles. The van der Waals surface area contributed by atoms with E-state index in [0.29, 0.717) is 23.4 Å². The number of sulfonamides is 1. The molecule has 0 spiro atoms. The van der Waals surface area contributed by atoms with Crippen LogP contribution in [-0.2, 0) is 38.0 Å². The quantitative estimate of drug-likeness (QED) is 0.0928. The van der Waals surface area contributed by atoms with E-state index in [9.17, 15) is 13.2 Å². The third-order valence-corrected chi connectivity index (χ3v) is 9.63. The minimum atomic E-state index is -3.83. The van der Waals surface area contributed by atoms with E-state index >= 15 is 0 Å². The number of imidazole rings is 1. The first-order valence-electron chi connectivity index (χ1n) is 16.3. The molecule has 0 fully saturated rings. The predicted molar refractivity (Wildman–Crippen MR) is 193 cm³/mol. The van der Waals surface area contributed by atoms with E-state index in [2.05, 4.69) is 45.7 Å². The van der Waals surface area contributed by atoms with Crippen LogP contribution >= 0.6 is 11.6 Å². The van der Waals surface area contributed by atoms with E-state index in [1.807, 2.05) is 67.1 Å². The third-order valence-electron chi connectivity index (χ3n) is 8.00. The number of aryl methyl sites for hydroxylation is 1.